The van der Waals surface area contributed by atoms with Gasteiger partial charge in [0.15, 0.2) is 0 Å². The van der Waals surface area contributed by atoms with E-state index in [1.807, 2.05) is 6.92 Å². The van der Waals surface area contributed by atoms with Crippen molar-refractivity contribution < 1.29 is 23.9 Å². The van der Waals surface area contributed by atoms with Gasteiger partial charge in [-0.05, 0) is 38.0 Å². The third kappa shape index (κ3) is 4.60. The molecule has 0 radical (unpaired) electrons. The lowest BCUT2D eigenvalue weighted by Crippen LogP contribution is -2.32. The first-order valence-corrected chi connectivity index (χ1v) is 9.31. The number of aromatic amines is 1. The molecule has 0 fully saturated rings. The SMILES string of the molecule is CCCCNC(=O)C(=O)c1[nH]c(C)c(C(=O)OCC)c1-c1ccc(OC)cc1. The number of nitrogens with one attached hydrogen (secondary N) is 2. The molecule has 28 heavy (non-hydrogen) atoms. The largest absolute Gasteiger partial charge is 0.497 e. The van der Waals surface area contributed by atoms with Crippen LogP contribution in [-0.2, 0) is 9.53 Å². The minimum Gasteiger partial charge on any atom is -0.497 e. The van der Waals surface area contributed by atoms with Crippen LogP contribution < -0.4 is 10.1 Å². The van der Waals surface area contributed by atoms with Gasteiger partial charge in [0.2, 0.25) is 0 Å². The van der Waals surface area contributed by atoms with Gasteiger partial charge in [-0.1, -0.05) is 25.5 Å². The summed E-state index contributed by atoms with van der Waals surface area (Å²) in [5.74, 6) is -1.34. The third-order valence-electron chi connectivity index (χ3n) is 4.29. The van der Waals surface area contributed by atoms with Crippen LogP contribution in [0.5, 0.6) is 5.75 Å². The fourth-order valence-corrected chi connectivity index (χ4v) is 2.87. The number of unbranched alkanes of at least 4 members (excludes halogenated alkanes) is 1. The number of carbonyl (C=O) groups is 3. The number of rotatable bonds is 9. The number of aromatic nitrogens is 1. The molecule has 1 aromatic heterocycles. The van der Waals surface area contributed by atoms with Gasteiger partial charge in [0.1, 0.15) is 11.4 Å². The smallest absolute Gasteiger partial charge is 0.340 e. The molecule has 0 spiro atoms. The van der Waals surface area contributed by atoms with Gasteiger partial charge >= 0.3 is 5.97 Å². The molecule has 2 rings (SSSR count). The number of aryl methyl sites for hydroxylation is 1. The summed E-state index contributed by atoms with van der Waals surface area (Å²) in [6, 6.07) is 6.91. The number of hydrogen-bond donors (Lipinski definition) is 2. The Labute approximate surface area is 164 Å². The van der Waals surface area contributed by atoms with Crippen LogP contribution in [0.4, 0.5) is 0 Å². The van der Waals surface area contributed by atoms with E-state index in [9.17, 15) is 14.4 Å². The van der Waals surface area contributed by atoms with E-state index in [0.29, 0.717) is 29.1 Å². The van der Waals surface area contributed by atoms with Gasteiger partial charge < -0.3 is 19.8 Å². The predicted octanol–water partition coefficient (Wildman–Crippen LogP) is 3.27. The molecule has 7 nitrogen and oxygen atoms in total. The van der Waals surface area contributed by atoms with Crippen LogP contribution in [0.3, 0.4) is 0 Å². The standard InChI is InChI=1S/C21H26N2O5/c1-5-7-12-22-20(25)19(24)18-17(14-8-10-15(27-4)11-9-14)16(13(3)23-18)21(26)28-6-2/h8-11,23H,5-7,12H2,1-4H3,(H,22,25). The molecule has 0 unspecified atom stereocenters. The first kappa shape index (κ1) is 21.2. The van der Waals surface area contributed by atoms with Gasteiger partial charge in [-0.15, -0.1) is 0 Å². The summed E-state index contributed by atoms with van der Waals surface area (Å²) in [5.41, 5.74) is 1.75. The lowest BCUT2D eigenvalue weighted by Gasteiger charge is -2.09. The van der Waals surface area contributed by atoms with Crippen LogP contribution in [0.1, 0.15) is 53.2 Å². The molecule has 0 aliphatic carbocycles. The zero-order chi connectivity index (χ0) is 20.7. The molecule has 2 N–H and O–H groups in total. The number of H-pyrrole nitrogens is 1. The lowest BCUT2D eigenvalue weighted by molar-refractivity contribution is -0.117. The molecule has 0 saturated carbocycles. The van der Waals surface area contributed by atoms with E-state index in [2.05, 4.69) is 10.3 Å². The minimum atomic E-state index is -0.722. The van der Waals surface area contributed by atoms with Gasteiger partial charge in [0.25, 0.3) is 11.7 Å². The van der Waals surface area contributed by atoms with E-state index in [0.717, 1.165) is 12.8 Å². The summed E-state index contributed by atoms with van der Waals surface area (Å²) in [4.78, 5) is 40.5. The number of Topliss-reactive ketones (excluding diaryl/α,β-unsaturated/α-hetero) is 1. The Morgan fingerprint density at radius 3 is 2.36 bits per heavy atom. The van der Waals surface area contributed by atoms with Crippen molar-refractivity contribution in [1.29, 1.82) is 0 Å². The number of benzene rings is 1. The molecule has 0 saturated heterocycles. The Morgan fingerprint density at radius 2 is 1.79 bits per heavy atom. The molecule has 0 aliphatic heterocycles. The van der Waals surface area contributed by atoms with Crippen LogP contribution in [0.15, 0.2) is 24.3 Å². The fraction of sp³-hybridized carbons (Fsp3) is 0.381. The zero-order valence-electron chi connectivity index (χ0n) is 16.7. The van der Waals surface area contributed by atoms with Crippen LogP contribution in [0, 0.1) is 6.92 Å². The number of hydrogen-bond acceptors (Lipinski definition) is 5. The summed E-state index contributed by atoms with van der Waals surface area (Å²) in [5, 5.41) is 2.62. The Bertz CT molecular complexity index is 852. The quantitative estimate of drug-likeness (QED) is 0.298. The molecule has 1 aromatic carbocycles. The maximum atomic E-state index is 12.8. The van der Waals surface area contributed by atoms with Crippen molar-refractivity contribution in [3.05, 3.63) is 41.2 Å². The Morgan fingerprint density at radius 1 is 1.11 bits per heavy atom. The van der Waals surface area contributed by atoms with Crippen molar-refractivity contribution in [3.63, 3.8) is 0 Å². The van der Waals surface area contributed by atoms with E-state index < -0.39 is 17.7 Å². The van der Waals surface area contributed by atoms with Gasteiger partial charge in [0.05, 0.1) is 19.3 Å². The van der Waals surface area contributed by atoms with Crippen LogP contribution in [0.25, 0.3) is 11.1 Å². The maximum Gasteiger partial charge on any atom is 0.340 e. The van der Waals surface area contributed by atoms with E-state index in [1.54, 1.807) is 45.2 Å². The second-order valence-corrected chi connectivity index (χ2v) is 6.26. The number of amides is 1. The molecular weight excluding hydrogens is 360 g/mol. The lowest BCUT2D eigenvalue weighted by atomic mass is 9.98. The average molecular weight is 386 g/mol. The summed E-state index contributed by atoms with van der Waals surface area (Å²) >= 11 is 0. The summed E-state index contributed by atoms with van der Waals surface area (Å²) in [6.45, 7) is 6.00. The van der Waals surface area contributed by atoms with Gasteiger partial charge in [-0.3, -0.25) is 9.59 Å². The van der Waals surface area contributed by atoms with Gasteiger partial charge in [0, 0.05) is 17.8 Å². The average Bonchev–Trinajstić information content (AvgIpc) is 3.04. The van der Waals surface area contributed by atoms with E-state index >= 15 is 0 Å². The molecule has 1 amide bonds. The number of esters is 1. The van der Waals surface area contributed by atoms with Crippen molar-refractivity contribution in [1.82, 2.24) is 10.3 Å². The number of ketones is 1. The summed E-state index contributed by atoms with van der Waals surface area (Å²) < 4.78 is 10.3. The Balaban J connectivity index is 2.52. The van der Waals surface area contributed by atoms with Crippen LogP contribution in [-0.4, -0.2) is 42.9 Å². The molecule has 7 heteroatoms. The highest BCUT2D eigenvalue weighted by atomic mass is 16.5. The molecule has 2 aromatic rings. The fourth-order valence-electron chi connectivity index (χ4n) is 2.87. The second-order valence-electron chi connectivity index (χ2n) is 6.26. The molecular formula is C21H26N2O5. The van der Waals surface area contributed by atoms with Crippen molar-refractivity contribution >= 4 is 17.7 Å². The van der Waals surface area contributed by atoms with Crippen molar-refractivity contribution in [3.8, 4) is 16.9 Å². The highest BCUT2D eigenvalue weighted by Gasteiger charge is 2.29. The summed E-state index contributed by atoms with van der Waals surface area (Å²) in [6.07, 6.45) is 1.68. The highest BCUT2D eigenvalue weighted by molar-refractivity contribution is 6.43. The summed E-state index contributed by atoms with van der Waals surface area (Å²) in [7, 11) is 1.55. The zero-order valence-corrected chi connectivity index (χ0v) is 16.7. The monoisotopic (exact) mass is 386 g/mol. The van der Waals surface area contributed by atoms with Gasteiger partial charge in [-0.25, -0.2) is 4.79 Å². The molecule has 0 atom stereocenters. The second kappa shape index (κ2) is 9.73. The predicted molar refractivity (Wildman–Crippen MR) is 106 cm³/mol. The van der Waals surface area contributed by atoms with Crippen LogP contribution >= 0.6 is 0 Å². The topological polar surface area (TPSA) is 97.5 Å². The van der Waals surface area contributed by atoms with Gasteiger partial charge in [-0.2, -0.15) is 0 Å². The molecule has 0 bridgehead atoms. The van der Waals surface area contributed by atoms with E-state index in [-0.39, 0.29) is 17.9 Å². The number of carbonyl (C=O) groups excluding carboxylic acids is 3. The first-order valence-electron chi connectivity index (χ1n) is 9.31. The maximum absolute atomic E-state index is 12.8. The van der Waals surface area contributed by atoms with Crippen molar-refractivity contribution in [2.24, 2.45) is 0 Å². The number of methoxy groups -OCH3 is 1. The normalized spacial score (nSPS) is 10.4. The van der Waals surface area contributed by atoms with Crippen molar-refractivity contribution in [2.75, 3.05) is 20.3 Å². The van der Waals surface area contributed by atoms with Crippen LogP contribution in [0.2, 0.25) is 0 Å². The third-order valence-corrected chi connectivity index (χ3v) is 4.29. The Hall–Kier alpha value is -3.09. The Kier molecular flexibility index (Phi) is 7.37. The highest BCUT2D eigenvalue weighted by Crippen LogP contribution is 2.32. The number of ether oxygens (including phenoxy) is 2. The molecule has 1 heterocycles. The van der Waals surface area contributed by atoms with E-state index in [1.165, 1.54) is 0 Å². The van der Waals surface area contributed by atoms with Crippen molar-refractivity contribution in [2.45, 2.75) is 33.6 Å². The first-order chi connectivity index (χ1) is 13.4. The minimum absolute atomic E-state index is 0.0692. The molecule has 150 valence electrons. The van der Waals surface area contributed by atoms with E-state index in [4.69, 9.17) is 9.47 Å². The molecule has 0 aliphatic rings.